The van der Waals surface area contributed by atoms with E-state index < -0.39 is 5.91 Å². The molecule has 0 saturated carbocycles. The van der Waals surface area contributed by atoms with Crippen LogP contribution in [0, 0.1) is 0 Å². The quantitative estimate of drug-likeness (QED) is 0.664. The van der Waals surface area contributed by atoms with E-state index in [0.29, 0.717) is 0 Å². The van der Waals surface area contributed by atoms with E-state index in [1.54, 1.807) is 6.92 Å². The van der Waals surface area contributed by atoms with E-state index in [0.717, 1.165) is 4.68 Å². The fraction of sp³-hybridized carbons (Fsp3) is 0.444. The number of carbonyl (C=O) groups is 1. The second-order valence-electron chi connectivity index (χ2n) is 3.24. The third-order valence-corrected chi connectivity index (χ3v) is 1.84. The van der Waals surface area contributed by atoms with Crippen LogP contribution < -0.4 is 10.9 Å². The molecule has 0 unspecified atom stereocenters. The maximum atomic E-state index is 11.5. The van der Waals surface area contributed by atoms with Crippen molar-refractivity contribution < 1.29 is 9.90 Å². The summed E-state index contributed by atoms with van der Waals surface area (Å²) in [6, 6.07) is 2.28. The van der Waals surface area contributed by atoms with Crippen LogP contribution in [0.15, 0.2) is 16.9 Å². The molecule has 0 aliphatic rings. The molecule has 0 aliphatic heterocycles. The van der Waals surface area contributed by atoms with Gasteiger partial charge in [-0.1, -0.05) is 0 Å². The SMILES string of the molecule is C[C@@H](CO)NC(=O)c1ccc(=O)n(C)n1. The highest BCUT2D eigenvalue weighted by atomic mass is 16.3. The molecule has 6 heteroatoms. The van der Waals surface area contributed by atoms with Crippen molar-refractivity contribution in [2.75, 3.05) is 6.61 Å². The Kier molecular flexibility index (Phi) is 3.56. The minimum Gasteiger partial charge on any atom is -0.394 e. The van der Waals surface area contributed by atoms with Crippen molar-refractivity contribution in [1.82, 2.24) is 15.1 Å². The van der Waals surface area contributed by atoms with E-state index in [-0.39, 0.29) is 23.9 Å². The molecule has 1 aromatic heterocycles. The average Bonchev–Trinajstić information content (AvgIpc) is 2.21. The first-order chi connectivity index (χ1) is 7.04. The summed E-state index contributed by atoms with van der Waals surface area (Å²) in [7, 11) is 1.47. The normalized spacial score (nSPS) is 12.2. The average molecular weight is 211 g/mol. The van der Waals surface area contributed by atoms with Crippen LogP contribution in [0.2, 0.25) is 0 Å². The lowest BCUT2D eigenvalue weighted by atomic mass is 10.3. The van der Waals surface area contributed by atoms with E-state index >= 15 is 0 Å². The van der Waals surface area contributed by atoms with Gasteiger partial charge >= 0.3 is 0 Å². The van der Waals surface area contributed by atoms with Gasteiger partial charge in [0.2, 0.25) is 0 Å². The van der Waals surface area contributed by atoms with Gasteiger partial charge in [0.1, 0.15) is 5.69 Å². The zero-order chi connectivity index (χ0) is 11.4. The van der Waals surface area contributed by atoms with Crippen LogP contribution in [0.5, 0.6) is 0 Å². The smallest absolute Gasteiger partial charge is 0.272 e. The Balaban J connectivity index is 2.83. The predicted octanol–water partition coefficient (Wildman–Crippen LogP) is -1.11. The van der Waals surface area contributed by atoms with E-state index in [1.165, 1.54) is 19.2 Å². The van der Waals surface area contributed by atoms with Gasteiger partial charge < -0.3 is 10.4 Å². The standard InChI is InChI=1S/C9H13N3O3/c1-6(5-13)10-9(15)7-3-4-8(14)12(2)11-7/h3-4,6,13H,5H2,1-2H3,(H,10,15)/t6-/m0/s1. The van der Waals surface area contributed by atoms with Gasteiger partial charge in [0.05, 0.1) is 6.61 Å². The Hall–Kier alpha value is -1.69. The summed E-state index contributed by atoms with van der Waals surface area (Å²) in [5.41, 5.74) is -0.126. The number of aromatic nitrogens is 2. The Morgan fingerprint density at radius 1 is 1.67 bits per heavy atom. The molecular weight excluding hydrogens is 198 g/mol. The van der Waals surface area contributed by atoms with Gasteiger partial charge in [-0.3, -0.25) is 9.59 Å². The predicted molar refractivity (Wildman–Crippen MR) is 53.5 cm³/mol. The molecular formula is C9H13N3O3. The lowest BCUT2D eigenvalue weighted by Gasteiger charge is -2.10. The molecule has 1 amide bonds. The highest BCUT2D eigenvalue weighted by molar-refractivity contribution is 5.92. The number of nitrogens with zero attached hydrogens (tertiary/aromatic N) is 2. The number of aryl methyl sites for hydroxylation is 1. The van der Waals surface area contributed by atoms with Gasteiger partial charge in [-0.2, -0.15) is 5.10 Å². The topological polar surface area (TPSA) is 84.2 Å². The van der Waals surface area contributed by atoms with Crippen LogP contribution >= 0.6 is 0 Å². The third kappa shape index (κ3) is 2.88. The second-order valence-corrected chi connectivity index (χ2v) is 3.24. The van der Waals surface area contributed by atoms with E-state index in [2.05, 4.69) is 10.4 Å². The molecule has 6 nitrogen and oxygen atoms in total. The summed E-state index contributed by atoms with van der Waals surface area (Å²) in [4.78, 5) is 22.5. The number of amides is 1. The minimum atomic E-state index is -0.410. The zero-order valence-corrected chi connectivity index (χ0v) is 8.60. The molecule has 1 atom stereocenters. The molecule has 15 heavy (non-hydrogen) atoms. The Bertz CT molecular complexity index is 413. The maximum absolute atomic E-state index is 11.5. The fourth-order valence-corrected chi connectivity index (χ4v) is 0.967. The maximum Gasteiger partial charge on any atom is 0.272 e. The van der Waals surface area contributed by atoms with Crippen molar-refractivity contribution in [3.05, 3.63) is 28.2 Å². The van der Waals surface area contributed by atoms with E-state index in [4.69, 9.17) is 5.11 Å². The molecule has 0 aromatic carbocycles. The third-order valence-electron chi connectivity index (χ3n) is 1.84. The van der Waals surface area contributed by atoms with Crippen LogP contribution in [0.1, 0.15) is 17.4 Å². The molecule has 0 radical (unpaired) electrons. The van der Waals surface area contributed by atoms with Crippen molar-refractivity contribution in [1.29, 1.82) is 0 Å². The summed E-state index contributed by atoms with van der Waals surface area (Å²) in [5.74, 6) is -0.410. The molecule has 1 aromatic rings. The number of aliphatic hydroxyl groups excluding tert-OH is 1. The Morgan fingerprint density at radius 2 is 2.33 bits per heavy atom. The number of aliphatic hydroxyl groups is 1. The first-order valence-corrected chi connectivity index (χ1v) is 4.50. The van der Waals surface area contributed by atoms with Gasteiger partial charge in [0.25, 0.3) is 11.5 Å². The van der Waals surface area contributed by atoms with E-state index in [1.807, 2.05) is 0 Å². The van der Waals surface area contributed by atoms with Crippen molar-refractivity contribution in [3.8, 4) is 0 Å². The van der Waals surface area contributed by atoms with Crippen LogP contribution in [0.25, 0.3) is 0 Å². The number of hydrogen-bond acceptors (Lipinski definition) is 4. The fourth-order valence-electron chi connectivity index (χ4n) is 0.967. The lowest BCUT2D eigenvalue weighted by Crippen LogP contribution is -2.36. The first-order valence-electron chi connectivity index (χ1n) is 4.50. The highest BCUT2D eigenvalue weighted by Gasteiger charge is 2.10. The summed E-state index contributed by atoms with van der Waals surface area (Å²) < 4.78 is 1.08. The number of rotatable bonds is 3. The monoisotopic (exact) mass is 211 g/mol. The van der Waals surface area contributed by atoms with Gasteiger partial charge in [-0.05, 0) is 13.0 Å². The summed E-state index contributed by atoms with van der Waals surface area (Å²) in [5, 5.41) is 15.0. The van der Waals surface area contributed by atoms with Crippen molar-refractivity contribution in [2.45, 2.75) is 13.0 Å². The molecule has 0 fully saturated rings. The van der Waals surface area contributed by atoms with Crippen LogP contribution in [0.3, 0.4) is 0 Å². The van der Waals surface area contributed by atoms with Gasteiger partial charge in [0.15, 0.2) is 0 Å². The minimum absolute atomic E-state index is 0.141. The van der Waals surface area contributed by atoms with Gasteiger partial charge in [-0.25, -0.2) is 4.68 Å². The van der Waals surface area contributed by atoms with Crippen molar-refractivity contribution in [3.63, 3.8) is 0 Å². The van der Waals surface area contributed by atoms with Gasteiger partial charge in [-0.15, -0.1) is 0 Å². The van der Waals surface area contributed by atoms with E-state index in [9.17, 15) is 9.59 Å². The molecule has 0 spiro atoms. The summed E-state index contributed by atoms with van der Waals surface area (Å²) >= 11 is 0. The molecule has 0 aliphatic carbocycles. The van der Waals surface area contributed by atoms with Crippen LogP contribution in [-0.4, -0.2) is 33.4 Å². The summed E-state index contributed by atoms with van der Waals surface area (Å²) in [6.07, 6.45) is 0. The highest BCUT2D eigenvalue weighted by Crippen LogP contribution is 1.91. The Labute approximate surface area is 86.5 Å². The molecule has 1 rings (SSSR count). The molecule has 2 N–H and O–H groups in total. The summed E-state index contributed by atoms with van der Waals surface area (Å²) in [6.45, 7) is 1.53. The van der Waals surface area contributed by atoms with Crippen LogP contribution in [-0.2, 0) is 7.05 Å². The van der Waals surface area contributed by atoms with Gasteiger partial charge in [0, 0.05) is 19.2 Å². The molecule has 1 heterocycles. The van der Waals surface area contributed by atoms with Crippen LogP contribution in [0.4, 0.5) is 0 Å². The second kappa shape index (κ2) is 4.70. The zero-order valence-electron chi connectivity index (χ0n) is 8.60. The molecule has 0 bridgehead atoms. The Morgan fingerprint density at radius 3 is 2.87 bits per heavy atom. The molecule has 0 saturated heterocycles. The molecule has 82 valence electrons. The number of carbonyl (C=O) groups excluding carboxylic acids is 1. The lowest BCUT2D eigenvalue weighted by molar-refractivity contribution is 0.0915. The number of nitrogens with one attached hydrogen (secondary N) is 1. The first kappa shape index (κ1) is 11.4. The number of hydrogen-bond donors (Lipinski definition) is 2. The van der Waals surface area contributed by atoms with Crippen molar-refractivity contribution in [2.24, 2.45) is 7.05 Å². The van der Waals surface area contributed by atoms with Crippen molar-refractivity contribution >= 4 is 5.91 Å². The largest absolute Gasteiger partial charge is 0.394 e.